The average molecular weight is 378 g/mol. The van der Waals surface area contributed by atoms with Gasteiger partial charge in [-0.15, -0.1) is 0 Å². The van der Waals surface area contributed by atoms with Gasteiger partial charge < -0.3 is 0 Å². The Hall–Kier alpha value is 1.35. The zero-order valence-electron chi connectivity index (χ0n) is 11.0. The average Bonchev–Trinajstić information content (AvgIpc) is 2.25. The van der Waals surface area contributed by atoms with E-state index < -0.39 is 4.24 Å². The molecule has 0 amide bonds. The van der Waals surface area contributed by atoms with Gasteiger partial charge in [0.25, 0.3) is 0 Å². The predicted octanol–water partition coefficient (Wildman–Crippen LogP) is 6.49. The number of hydrogen-bond acceptors (Lipinski definition) is 1. The van der Waals surface area contributed by atoms with Crippen LogP contribution in [0.1, 0.15) is 59.3 Å². The first kappa shape index (κ1) is 17.4. The van der Waals surface area contributed by atoms with Crippen molar-refractivity contribution in [3.05, 3.63) is 0 Å². The molecule has 0 aliphatic rings. The molecule has 1 nitrogen and oxygen atoms in total. The minimum absolute atomic E-state index is 0.887. The summed E-state index contributed by atoms with van der Waals surface area (Å²) in [7, 11) is 0. The van der Waals surface area contributed by atoms with E-state index in [4.69, 9.17) is 4.52 Å². The molecule has 0 aliphatic carbocycles. The van der Waals surface area contributed by atoms with Crippen molar-refractivity contribution in [1.82, 2.24) is 0 Å². The Bertz CT molecular complexity index is 174. The third-order valence-electron chi connectivity index (χ3n) is 2.73. The van der Waals surface area contributed by atoms with Crippen LogP contribution < -0.4 is 0 Å². The fraction of sp³-hybridized carbons (Fsp3) is 1.00. The van der Waals surface area contributed by atoms with Crippen molar-refractivity contribution in [3.8, 4) is 0 Å². The van der Waals surface area contributed by atoms with Gasteiger partial charge in [-0.05, 0) is 0 Å². The molecule has 0 radical (unpaired) electrons. The van der Waals surface area contributed by atoms with Crippen molar-refractivity contribution in [2.45, 2.75) is 59.3 Å². The standard InChI is InChI=1S/C12H27Br2OP/c1-4-7-10-15-16(13,14,11-8-5-2)12-9-6-3/h4-12H2,1-3H3. The second-order valence-corrected chi connectivity index (χ2v) is 20.7. The van der Waals surface area contributed by atoms with E-state index >= 15 is 0 Å². The van der Waals surface area contributed by atoms with Crippen molar-refractivity contribution < 1.29 is 4.52 Å². The first-order valence-electron chi connectivity index (χ1n) is 6.56. The second-order valence-electron chi connectivity index (χ2n) is 4.50. The van der Waals surface area contributed by atoms with E-state index in [1.807, 2.05) is 0 Å². The van der Waals surface area contributed by atoms with Crippen LogP contribution in [0.25, 0.3) is 0 Å². The Morgan fingerprint density at radius 2 is 1.25 bits per heavy atom. The van der Waals surface area contributed by atoms with E-state index in [1.54, 1.807) is 0 Å². The first-order valence-corrected chi connectivity index (χ1v) is 13.1. The van der Waals surface area contributed by atoms with E-state index in [-0.39, 0.29) is 0 Å². The van der Waals surface area contributed by atoms with Crippen LogP contribution in [0.15, 0.2) is 0 Å². The van der Waals surface area contributed by atoms with Crippen molar-refractivity contribution in [3.63, 3.8) is 0 Å². The Labute approximate surface area is 118 Å². The van der Waals surface area contributed by atoms with E-state index in [0.29, 0.717) is 0 Å². The van der Waals surface area contributed by atoms with Crippen molar-refractivity contribution >= 4 is 35.2 Å². The maximum atomic E-state index is 6.23. The summed E-state index contributed by atoms with van der Waals surface area (Å²) in [4.78, 5) is 0. The Kier molecular flexibility index (Phi) is 9.16. The van der Waals surface area contributed by atoms with Gasteiger partial charge in [0, 0.05) is 0 Å². The van der Waals surface area contributed by atoms with Gasteiger partial charge in [0.05, 0.1) is 0 Å². The zero-order chi connectivity index (χ0) is 12.5. The molecule has 0 spiro atoms. The Morgan fingerprint density at radius 3 is 1.62 bits per heavy atom. The van der Waals surface area contributed by atoms with Crippen LogP contribution in [0.5, 0.6) is 0 Å². The van der Waals surface area contributed by atoms with Crippen LogP contribution in [0, 0.1) is 0 Å². The molecule has 0 rings (SSSR count). The molecule has 0 aromatic carbocycles. The quantitative estimate of drug-likeness (QED) is 0.312. The summed E-state index contributed by atoms with van der Waals surface area (Å²) in [5.74, 6) is 0. The zero-order valence-corrected chi connectivity index (χ0v) is 15.0. The third kappa shape index (κ3) is 7.63. The molecule has 0 unspecified atom stereocenters. The van der Waals surface area contributed by atoms with Gasteiger partial charge in [0.1, 0.15) is 0 Å². The van der Waals surface area contributed by atoms with Crippen LogP contribution in [-0.4, -0.2) is 18.9 Å². The molecule has 0 heterocycles. The van der Waals surface area contributed by atoms with Crippen molar-refractivity contribution in [1.29, 1.82) is 0 Å². The molecule has 0 aliphatic heterocycles. The summed E-state index contributed by atoms with van der Waals surface area (Å²) in [5.41, 5.74) is 0. The topological polar surface area (TPSA) is 9.23 Å². The van der Waals surface area contributed by atoms with Crippen molar-refractivity contribution in [2.24, 2.45) is 0 Å². The van der Waals surface area contributed by atoms with E-state index in [2.05, 4.69) is 51.7 Å². The first-order chi connectivity index (χ1) is 7.46. The molecule has 0 bridgehead atoms. The van der Waals surface area contributed by atoms with Gasteiger partial charge in [-0.2, -0.15) is 0 Å². The Balaban J connectivity index is 4.31. The fourth-order valence-electron chi connectivity index (χ4n) is 1.56. The molecule has 0 aromatic heterocycles. The molecule has 0 saturated heterocycles. The number of rotatable bonds is 10. The van der Waals surface area contributed by atoms with Gasteiger partial charge >= 0.3 is 118 Å². The summed E-state index contributed by atoms with van der Waals surface area (Å²) >= 11 is 7.89. The van der Waals surface area contributed by atoms with Crippen LogP contribution in [0.2, 0.25) is 0 Å². The second kappa shape index (κ2) is 8.45. The van der Waals surface area contributed by atoms with Gasteiger partial charge in [-0.25, -0.2) is 0 Å². The van der Waals surface area contributed by atoms with Crippen LogP contribution >= 0.6 is 35.2 Å². The molecule has 0 saturated carbocycles. The molecule has 100 valence electrons. The van der Waals surface area contributed by atoms with Gasteiger partial charge in [-0.1, -0.05) is 0 Å². The van der Waals surface area contributed by atoms with E-state index in [9.17, 15) is 0 Å². The normalized spacial score (nSPS) is 14.7. The molecule has 0 fully saturated rings. The summed E-state index contributed by atoms with van der Waals surface area (Å²) in [5, 5.41) is 0. The number of hydrogen-bond donors (Lipinski definition) is 0. The van der Waals surface area contributed by atoms with Crippen LogP contribution in [0.4, 0.5) is 0 Å². The molecular weight excluding hydrogens is 351 g/mol. The number of unbranched alkanes of at least 4 members (excludes halogenated alkanes) is 3. The SMILES string of the molecule is CCCCOP(Br)(Br)(CCCC)CCCC. The molecule has 4 heteroatoms. The predicted molar refractivity (Wildman–Crippen MR) is 85.2 cm³/mol. The molecule has 0 atom stereocenters. The molecule has 16 heavy (non-hydrogen) atoms. The summed E-state index contributed by atoms with van der Waals surface area (Å²) in [6.45, 7) is 7.57. The van der Waals surface area contributed by atoms with E-state index in [0.717, 1.165) is 25.4 Å². The molecular formula is C12H27Br2OP. The third-order valence-corrected chi connectivity index (χ3v) is 11.3. The van der Waals surface area contributed by atoms with Gasteiger partial charge in [-0.3, -0.25) is 0 Å². The Morgan fingerprint density at radius 1 is 0.812 bits per heavy atom. The fourth-order valence-corrected chi connectivity index (χ4v) is 8.26. The monoisotopic (exact) mass is 376 g/mol. The molecule has 0 N–H and O–H groups in total. The molecule has 0 aromatic rings. The summed E-state index contributed by atoms with van der Waals surface area (Å²) in [6, 6.07) is 0. The summed E-state index contributed by atoms with van der Waals surface area (Å²) in [6.07, 6.45) is 9.63. The van der Waals surface area contributed by atoms with Crippen LogP contribution in [-0.2, 0) is 4.52 Å². The van der Waals surface area contributed by atoms with Crippen molar-refractivity contribution in [2.75, 3.05) is 18.9 Å². The minimum atomic E-state index is -2.18. The van der Waals surface area contributed by atoms with E-state index in [1.165, 1.54) is 32.1 Å². The number of halogens is 2. The van der Waals surface area contributed by atoms with Crippen LogP contribution in [0.3, 0.4) is 0 Å². The van der Waals surface area contributed by atoms with Gasteiger partial charge in [0.2, 0.25) is 0 Å². The maximum absolute atomic E-state index is 6.23. The summed E-state index contributed by atoms with van der Waals surface area (Å²) < 4.78 is 4.05. The van der Waals surface area contributed by atoms with Gasteiger partial charge in [0.15, 0.2) is 0 Å².